The second-order valence-electron chi connectivity index (χ2n) is 6.87. The first-order valence-electron chi connectivity index (χ1n) is 9.11. The molecule has 0 amide bonds. The minimum atomic E-state index is -0.344. The quantitative estimate of drug-likeness (QED) is 0.370. The van der Waals surface area contributed by atoms with E-state index in [1.165, 1.54) is 31.7 Å². The van der Waals surface area contributed by atoms with Gasteiger partial charge in [0, 0.05) is 50.4 Å². The Bertz CT molecular complexity index is 628. The zero-order chi connectivity index (χ0) is 17.6. The van der Waals surface area contributed by atoms with Crippen molar-refractivity contribution >= 4 is 11.6 Å². The fourth-order valence-corrected chi connectivity index (χ4v) is 3.91. The summed E-state index contributed by atoms with van der Waals surface area (Å²) in [7, 11) is 1.73. The van der Waals surface area contributed by atoms with Gasteiger partial charge in [-0.2, -0.15) is 0 Å². The van der Waals surface area contributed by atoms with Crippen molar-refractivity contribution in [3.05, 3.63) is 39.9 Å². The second kappa shape index (κ2) is 8.29. The minimum absolute atomic E-state index is 0.138. The van der Waals surface area contributed by atoms with Gasteiger partial charge in [-0.25, -0.2) is 0 Å². The molecule has 1 aliphatic carbocycles. The van der Waals surface area contributed by atoms with Crippen molar-refractivity contribution < 1.29 is 4.92 Å². The number of aliphatic imine (C=N–C) groups is 1. The average Bonchev–Trinajstić information content (AvgIpc) is 3.30. The van der Waals surface area contributed by atoms with Crippen LogP contribution in [0.5, 0.6) is 0 Å². The maximum absolute atomic E-state index is 11.1. The molecule has 0 spiro atoms. The van der Waals surface area contributed by atoms with Crippen LogP contribution in [0.4, 0.5) is 5.69 Å². The van der Waals surface area contributed by atoms with Crippen molar-refractivity contribution in [3.8, 4) is 0 Å². The number of hydrogen-bond acceptors (Lipinski definition) is 4. The molecule has 1 aromatic carbocycles. The molecule has 1 saturated carbocycles. The summed E-state index contributed by atoms with van der Waals surface area (Å²) >= 11 is 0. The largest absolute Gasteiger partial charge is 0.352 e. The highest BCUT2D eigenvalue weighted by Gasteiger charge is 2.30. The summed E-state index contributed by atoms with van der Waals surface area (Å²) in [5, 5.41) is 17.8. The highest BCUT2D eigenvalue weighted by atomic mass is 16.6. The standard InChI is InChI=1S/C18H27N5O2/c1-19-18(20-12-14-6-2-5-9-17(14)23(24)25)21-15-10-11-22(13-15)16-7-3-4-8-16/h2,5-6,9,15-16H,3-4,7-8,10-13H2,1H3,(H2,19,20,21). The second-order valence-corrected chi connectivity index (χ2v) is 6.87. The van der Waals surface area contributed by atoms with Crippen molar-refractivity contribution in [1.29, 1.82) is 0 Å². The van der Waals surface area contributed by atoms with Crippen LogP contribution in [0, 0.1) is 10.1 Å². The van der Waals surface area contributed by atoms with E-state index in [4.69, 9.17) is 0 Å². The summed E-state index contributed by atoms with van der Waals surface area (Å²) in [6, 6.07) is 7.95. The highest BCUT2D eigenvalue weighted by molar-refractivity contribution is 5.80. The van der Waals surface area contributed by atoms with Crippen molar-refractivity contribution in [2.24, 2.45) is 4.99 Å². The third-order valence-corrected chi connectivity index (χ3v) is 5.26. The van der Waals surface area contributed by atoms with Gasteiger partial charge in [0.15, 0.2) is 5.96 Å². The number of nitrogens with zero attached hydrogens (tertiary/aromatic N) is 3. The molecule has 2 fully saturated rings. The van der Waals surface area contributed by atoms with Crippen LogP contribution in [0.2, 0.25) is 0 Å². The number of likely N-dealkylation sites (tertiary alicyclic amines) is 1. The zero-order valence-electron chi connectivity index (χ0n) is 14.8. The van der Waals surface area contributed by atoms with Crippen molar-refractivity contribution in [3.63, 3.8) is 0 Å². The van der Waals surface area contributed by atoms with Crippen LogP contribution in [0.3, 0.4) is 0 Å². The lowest BCUT2D eigenvalue weighted by Crippen LogP contribution is -2.45. The molecule has 1 atom stereocenters. The van der Waals surface area contributed by atoms with Crippen LogP contribution in [-0.2, 0) is 6.54 Å². The van der Waals surface area contributed by atoms with Gasteiger partial charge < -0.3 is 10.6 Å². The maximum atomic E-state index is 11.1. The van der Waals surface area contributed by atoms with E-state index in [0.29, 0.717) is 24.1 Å². The summed E-state index contributed by atoms with van der Waals surface area (Å²) in [5.41, 5.74) is 0.799. The van der Waals surface area contributed by atoms with Gasteiger partial charge in [-0.1, -0.05) is 31.0 Å². The lowest BCUT2D eigenvalue weighted by Gasteiger charge is -2.24. The molecule has 1 aromatic rings. The molecule has 2 N–H and O–H groups in total. The molecular formula is C18H27N5O2. The predicted octanol–water partition coefficient (Wildman–Crippen LogP) is 2.28. The van der Waals surface area contributed by atoms with Crippen LogP contribution in [-0.4, -0.2) is 48.0 Å². The van der Waals surface area contributed by atoms with Crippen LogP contribution >= 0.6 is 0 Å². The van der Waals surface area contributed by atoms with E-state index in [2.05, 4.69) is 20.5 Å². The van der Waals surface area contributed by atoms with Gasteiger partial charge in [0.05, 0.1) is 4.92 Å². The molecular weight excluding hydrogens is 318 g/mol. The van der Waals surface area contributed by atoms with E-state index in [1.54, 1.807) is 19.2 Å². The summed E-state index contributed by atoms with van der Waals surface area (Å²) in [4.78, 5) is 17.6. The number of rotatable bonds is 5. The summed E-state index contributed by atoms with van der Waals surface area (Å²) in [6.45, 7) is 2.58. The fourth-order valence-electron chi connectivity index (χ4n) is 3.91. The topological polar surface area (TPSA) is 82.8 Å². The van der Waals surface area contributed by atoms with Gasteiger partial charge >= 0.3 is 0 Å². The maximum Gasteiger partial charge on any atom is 0.274 e. The first kappa shape index (κ1) is 17.7. The molecule has 7 heteroatoms. The monoisotopic (exact) mass is 345 g/mol. The number of guanidine groups is 1. The number of nitro benzene ring substituents is 1. The van der Waals surface area contributed by atoms with Crippen LogP contribution in [0.25, 0.3) is 0 Å². The van der Waals surface area contributed by atoms with Gasteiger partial charge in [-0.3, -0.25) is 20.0 Å². The van der Waals surface area contributed by atoms with Gasteiger partial charge in [0.2, 0.25) is 0 Å². The molecule has 7 nitrogen and oxygen atoms in total. The third-order valence-electron chi connectivity index (χ3n) is 5.26. The van der Waals surface area contributed by atoms with Gasteiger partial charge in [0.25, 0.3) is 5.69 Å². The van der Waals surface area contributed by atoms with Crippen molar-refractivity contribution in [1.82, 2.24) is 15.5 Å². The Labute approximate surface area is 148 Å². The molecule has 0 bridgehead atoms. The van der Waals surface area contributed by atoms with E-state index in [1.807, 2.05) is 6.07 Å². The lowest BCUT2D eigenvalue weighted by atomic mass is 10.2. The fraction of sp³-hybridized carbons (Fsp3) is 0.611. The number of nitro groups is 1. The molecule has 0 radical (unpaired) electrons. The van der Waals surface area contributed by atoms with Gasteiger partial charge in [0.1, 0.15) is 0 Å². The molecule has 3 rings (SSSR count). The van der Waals surface area contributed by atoms with Gasteiger partial charge in [-0.05, 0) is 19.3 Å². The SMILES string of the molecule is CN=C(NCc1ccccc1[N+](=O)[O-])NC1CCN(C2CCCC2)C1. The first-order valence-corrected chi connectivity index (χ1v) is 9.11. The smallest absolute Gasteiger partial charge is 0.274 e. The Hall–Kier alpha value is -2.15. The Balaban J connectivity index is 1.51. The molecule has 1 heterocycles. The third kappa shape index (κ3) is 4.48. The number of nitrogens with one attached hydrogen (secondary N) is 2. The van der Waals surface area contributed by atoms with Crippen molar-refractivity contribution in [2.45, 2.75) is 50.7 Å². The Kier molecular flexibility index (Phi) is 5.86. The Morgan fingerprint density at radius 2 is 2.08 bits per heavy atom. The summed E-state index contributed by atoms with van der Waals surface area (Å²) in [6.07, 6.45) is 6.49. The van der Waals surface area contributed by atoms with E-state index >= 15 is 0 Å². The molecule has 25 heavy (non-hydrogen) atoms. The molecule has 136 valence electrons. The van der Waals surface area contributed by atoms with E-state index < -0.39 is 0 Å². The number of benzene rings is 1. The zero-order valence-corrected chi connectivity index (χ0v) is 14.8. The number of para-hydroxylation sites is 1. The summed E-state index contributed by atoms with van der Waals surface area (Å²) < 4.78 is 0. The highest BCUT2D eigenvalue weighted by Crippen LogP contribution is 2.26. The van der Waals surface area contributed by atoms with Gasteiger partial charge in [-0.15, -0.1) is 0 Å². The Morgan fingerprint density at radius 1 is 1.32 bits per heavy atom. The summed E-state index contributed by atoms with van der Waals surface area (Å²) in [5.74, 6) is 0.705. The molecule has 0 aromatic heterocycles. The normalized spacial score (nSPS) is 22.3. The average molecular weight is 345 g/mol. The molecule has 1 saturated heterocycles. The van der Waals surface area contributed by atoms with Crippen molar-refractivity contribution in [2.75, 3.05) is 20.1 Å². The minimum Gasteiger partial charge on any atom is -0.352 e. The van der Waals surface area contributed by atoms with E-state index in [-0.39, 0.29) is 10.6 Å². The van der Waals surface area contributed by atoms with E-state index in [0.717, 1.165) is 25.6 Å². The predicted molar refractivity (Wildman–Crippen MR) is 98.7 cm³/mol. The van der Waals surface area contributed by atoms with Crippen LogP contribution in [0.15, 0.2) is 29.3 Å². The Morgan fingerprint density at radius 3 is 2.80 bits per heavy atom. The molecule has 2 aliphatic rings. The van der Waals surface area contributed by atoms with Crippen LogP contribution < -0.4 is 10.6 Å². The first-order chi connectivity index (χ1) is 12.2. The lowest BCUT2D eigenvalue weighted by molar-refractivity contribution is -0.385. The molecule has 1 unspecified atom stereocenters. The van der Waals surface area contributed by atoms with E-state index in [9.17, 15) is 10.1 Å². The van der Waals surface area contributed by atoms with Crippen LogP contribution in [0.1, 0.15) is 37.7 Å². The molecule has 1 aliphatic heterocycles. The number of hydrogen-bond donors (Lipinski definition) is 2.